The highest BCUT2D eigenvalue weighted by atomic mass is 35.5. The van der Waals surface area contributed by atoms with Gasteiger partial charge in [-0.05, 0) is 44.0 Å². The van der Waals surface area contributed by atoms with Gasteiger partial charge in [0.2, 0.25) is 5.91 Å². The summed E-state index contributed by atoms with van der Waals surface area (Å²) in [6.07, 6.45) is 2.95. The van der Waals surface area contributed by atoms with Crippen molar-refractivity contribution in [3.8, 4) is 5.75 Å². The Kier molecular flexibility index (Phi) is 4.74. The Morgan fingerprint density at radius 2 is 2.32 bits per heavy atom. The predicted octanol–water partition coefficient (Wildman–Crippen LogP) is 1.80. The van der Waals surface area contributed by atoms with E-state index in [-0.39, 0.29) is 18.0 Å². The first-order valence-electron chi connectivity index (χ1n) is 7.79. The highest BCUT2D eigenvalue weighted by molar-refractivity contribution is 6.30. The van der Waals surface area contributed by atoms with Crippen LogP contribution in [0.5, 0.6) is 5.75 Å². The minimum absolute atomic E-state index is 0.0187. The van der Waals surface area contributed by atoms with Crippen molar-refractivity contribution < 1.29 is 9.53 Å². The van der Waals surface area contributed by atoms with Crippen LogP contribution in [-0.4, -0.2) is 44.7 Å². The molecule has 2 unspecified atom stereocenters. The number of amides is 1. The molecule has 6 heteroatoms. The SMILES string of the molecule is COc1ccc(Cl)cc1N1CCC(NC(=O)C2CCCN2)C1. The van der Waals surface area contributed by atoms with Crippen LogP contribution in [0.3, 0.4) is 0 Å². The third-order valence-corrected chi connectivity index (χ3v) is 4.63. The van der Waals surface area contributed by atoms with Crippen LogP contribution in [0.15, 0.2) is 18.2 Å². The molecule has 120 valence electrons. The average Bonchev–Trinajstić information content (AvgIpc) is 3.18. The summed E-state index contributed by atoms with van der Waals surface area (Å²) in [5, 5.41) is 7.08. The van der Waals surface area contributed by atoms with E-state index in [1.807, 2.05) is 18.2 Å². The van der Waals surface area contributed by atoms with Crippen LogP contribution in [0, 0.1) is 0 Å². The molecule has 0 aromatic heterocycles. The van der Waals surface area contributed by atoms with E-state index < -0.39 is 0 Å². The molecule has 1 aromatic carbocycles. The smallest absolute Gasteiger partial charge is 0.237 e. The maximum Gasteiger partial charge on any atom is 0.237 e. The highest BCUT2D eigenvalue weighted by Crippen LogP contribution is 2.33. The van der Waals surface area contributed by atoms with Gasteiger partial charge in [-0.1, -0.05) is 11.6 Å². The molecule has 2 heterocycles. The van der Waals surface area contributed by atoms with E-state index in [0.29, 0.717) is 5.02 Å². The minimum atomic E-state index is -0.0187. The Bertz CT molecular complexity index is 546. The van der Waals surface area contributed by atoms with Crippen LogP contribution in [0.25, 0.3) is 0 Å². The average molecular weight is 324 g/mol. The molecule has 2 fully saturated rings. The van der Waals surface area contributed by atoms with Gasteiger partial charge < -0.3 is 20.3 Å². The van der Waals surface area contributed by atoms with E-state index in [0.717, 1.165) is 50.3 Å². The number of anilines is 1. The zero-order valence-electron chi connectivity index (χ0n) is 12.8. The zero-order valence-corrected chi connectivity index (χ0v) is 13.5. The van der Waals surface area contributed by atoms with E-state index >= 15 is 0 Å². The fraction of sp³-hybridized carbons (Fsp3) is 0.562. The van der Waals surface area contributed by atoms with Gasteiger partial charge in [0.25, 0.3) is 0 Å². The number of rotatable bonds is 4. The molecule has 1 amide bonds. The second-order valence-corrected chi connectivity index (χ2v) is 6.34. The number of hydrogen-bond acceptors (Lipinski definition) is 4. The number of methoxy groups -OCH3 is 1. The van der Waals surface area contributed by atoms with Gasteiger partial charge in [-0.2, -0.15) is 0 Å². The maximum absolute atomic E-state index is 12.2. The van der Waals surface area contributed by atoms with Crippen LogP contribution in [-0.2, 0) is 4.79 Å². The lowest BCUT2D eigenvalue weighted by molar-refractivity contribution is -0.123. The highest BCUT2D eigenvalue weighted by Gasteiger charge is 2.29. The molecule has 0 bridgehead atoms. The summed E-state index contributed by atoms with van der Waals surface area (Å²) in [4.78, 5) is 14.4. The normalized spacial score (nSPS) is 24.5. The largest absolute Gasteiger partial charge is 0.495 e. The van der Waals surface area contributed by atoms with Gasteiger partial charge in [0.15, 0.2) is 0 Å². The molecule has 1 aromatic rings. The molecule has 2 atom stereocenters. The van der Waals surface area contributed by atoms with E-state index in [4.69, 9.17) is 16.3 Å². The molecular weight excluding hydrogens is 302 g/mol. The Hall–Kier alpha value is -1.46. The van der Waals surface area contributed by atoms with E-state index in [2.05, 4.69) is 15.5 Å². The molecule has 0 radical (unpaired) electrons. The number of ether oxygens (including phenoxy) is 1. The van der Waals surface area contributed by atoms with Crippen LogP contribution in [0.1, 0.15) is 19.3 Å². The first-order chi connectivity index (χ1) is 10.7. The van der Waals surface area contributed by atoms with Gasteiger partial charge in [-0.15, -0.1) is 0 Å². The number of carbonyl (C=O) groups is 1. The van der Waals surface area contributed by atoms with Gasteiger partial charge >= 0.3 is 0 Å². The van der Waals surface area contributed by atoms with Crippen molar-refractivity contribution in [1.82, 2.24) is 10.6 Å². The maximum atomic E-state index is 12.2. The van der Waals surface area contributed by atoms with Gasteiger partial charge in [-0.25, -0.2) is 0 Å². The van der Waals surface area contributed by atoms with Crippen molar-refractivity contribution in [1.29, 1.82) is 0 Å². The Morgan fingerprint density at radius 1 is 1.45 bits per heavy atom. The summed E-state index contributed by atoms with van der Waals surface area (Å²) in [6, 6.07) is 5.79. The van der Waals surface area contributed by atoms with Gasteiger partial charge in [-0.3, -0.25) is 4.79 Å². The molecule has 0 aliphatic carbocycles. The van der Waals surface area contributed by atoms with Gasteiger partial charge in [0.05, 0.1) is 18.8 Å². The topological polar surface area (TPSA) is 53.6 Å². The fourth-order valence-electron chi connectivity index (χ4n) is 3.22. The quantitative estimate of drug-likeness (QED) is 0.887. The van der Waals surface area contributed by atoms with Crippen LogP contribution in [0.4, 0.5) is 5.69 Å². The number of hydrogen-bond donors (Lipinski definition) is 2. The van der Waals surface area contributed by atoms with Crippen LogP contribution < -0.4 is 20.3 Å². The van der Waals surface area contributed by atoms with Crippen molar-refractivity contribution in [3.63, 3.8) is 0 Å². The third kappa shape index (κ3) is 3.31. The second kappa shape index (κ2) is 6.75. The molecule has 2 saturated heterocycles. The number of halogens is 1. The van der Waals surface area contributed by atoms with Gasteiger partial charge in [0, 0.05) is 24.2 Å². The predicted molar refractivity (Wildman–Crippen MR) is 87.8 cm³/mol. The van der Waals surface area contributed by atoms with Crippen LogP contribution >= 0.6 is 11.6 Å². The molecule has 22 heavy (non-hydrogen) atoms. The van der Waals surface area contributed by atoms with Gasteiger partial charge in [0.1, 0.15) is 5.75 Å². The fourth-order valence-corrected chi connectivity index (χ4v) is 3.38. The second-order valence-electron chi connectivity index (χ2n) is 5.91. The summed E-state index contributed by atoms with van der Waals surface area (Å²) in [6.45, 7) is 2.61. The van der Waals surface area contributed by atoms with Crippen LogP contribution in [0.2, 0.25) is 5.02 Å². The number of nitrogens with one attached hydrogen (secondary N) is 2. The lowest BCUT2D eigenvalue weighted by Gasteiger charge is -2.22. The summed E-state index contributed by atoms with van der Waals surface area (Å²) < 4.78 is 5.41. The van der Waals surface area contributed by atoms with E-state index in [1.54, 1.807) is 7.11 Å². The third-order valence-electron chi connectivity index (χ3n) is 4.39. The molecular formula is C16H22ClN3O2. The van der Waals surface area contributed by atoms with Crippen molar-refractivity contribution in [2.75, 3.05) is 31.6 Å². The molecule has 3 rings (SSSR count). The van der Waals surface area contributed by atoms with E-state index in [1.165, 1.54) is 0 Å². The lowest BCUT2D eigenvalue weighted by Crippen LogP contribution is -2.46. The Morgan fingerprint density at radius 3 is 3.05 bits per heavy atom. The molecule has 2 aliphatic rings. The number of carbonyl (C=O) groups excluding carboxylic acids is 1. The standard InChI is InChI=1S/C16H22ClN3O2/c1-22-15-5-4-11(17)9-14(15)20-8-6-12(10-20)19-16(21)13-3-2-7-18-13/h4-5,9,12-13,18H,2-3,6-8,10H2,1H3,(H,19,21). The molecule has 2 N–H and O–H groups in total. The molecule has 0 saturated carbocycles. The van der Waals surface area contributed by atoms with Crippen molar-refractivity contribution in [2.24, 2.45) is 0 Å². The lowest BCUT2D eigenvalue weighted by atomic mass is 10.2. The summed E-state index contributed by atoms with van der Waals surface area (Å²) in [5.74, 6) is 0.941. The summed E-state index contributed by atoms with van der Waals surface area (Å²) >= 11 is 6.10. The van der Waals surface area contributed by atoms with E-state index in [9.17, 15) is 4.79 Å². The number of nitrogens with zero attached hydrogens (tertiary/aromatic N) is 1. The Labute approximate surface area is 136 Å². The first-order valence-corrected chi connectivity index (χ1v) is 8.17. The number of benzene rings is 1. The molecule has 2 aliphatic heterocycles. The Balaban J connectivity index is 1.62. The van der Waals surface area contributed by atoms with Crippen molar-refractivity contribution in [3.05, 3.63) is 23.2 Å². The zero-order chi connectivity index (χ0) is 15.5. The molecule has 0 spiro atoms. The van der Waals surface area contributed by atoms with Crippen molar-refractivity contribution >= 4 is 23.2 Å². The minimum Gasteiger partial charge on any atom is -0.495 e. The monoisotopic (exact) mass is 323 g/mol. The van der Waals surface area contributed by atoms with Crippen molar-refractivity contribution in [2.45, 2.75) is 31.3 Å². The molecule has 5 nitrogen and oxygen atoms in total. The summed E-state index contributed by atoms with van der Waals surface area (Å²) in [5.41, 5.74) is 0.991. The summed E-state index contributed by atoms with van der Waals surface area (Å²) in [7, 11) is 1.66. The first kappa shape index (κ1) is 15.4.